The topological polar surface area (TPSA) is 75.7 Å². The Morgan fingerprint density at radius 3 is 2.40 bits per heavy atom. The molecule has 0 bridgehead atoms. The summed E-state index contributed by atoms with van der Waals surface area (Å²) in [5.74, 6) is -0.194. The van der Waals surface area contributed by atoms with Crippen molar-refractivity contribution in [3.63, 3.8) is 0 Å². The van der Waals surface area contributed by atoms with Crippen molar-refractivity contribution in [1.29, 1.82) is 0 Å². The molecule has 0 atom stereocenters. The fraction of sp³-hybridized carbons (Fsp3) is 0.611. The van der Waals surface area contributed by atoms with Crippen LogP contribution in [0.5, 0.6) is 0 Å². The van der Waals surface area contributed by atoms with E-state index >= 15 is 0 Å². The van der Waals surface area contributed by atoms with Crippen LogP contribution < -0.4 is 4.72 Å². The van der Waals surface area contributed by atoms with Crippen LogP contribution in [0.1, 0.15) is 32.3 Å². The molecule has 6 nitrogen and oxygen atoms in total. The zero-order chi connectivity index (χ0) is 18.5. The minimum atomic E-state index is -3.44. The Labute approximate surface area is 150 Å². The monoisotopic (exact) mass is 368 g/mol. The number of carbonyl (C=O) groups is 1. The van der Waals surface area contributed by atoms with Crippen LogP contribution in [-0.4, -0.2) is 56.8 Å². The van der Waals surface area contributed by atoms with E-state index in [1.165, 1.54) is 5.56 Å². The van der Waals surface area contributed by atoms with E-state index in [1.807, 2.05) is 18.2 Å². The lowest BCUT2D eigenvalue weighted by Crippen LogP contribution is -2.57. The molecule has 1 fully saturated rings. The highest BCUT2D eigenvalue weighted by atomic mass is 32.2. The average molecular weight is 368 g/mol. The number of hydrogen-bond acceptors (Lipinski definition) is 4. The number of sulfonamides is 1. The molecule has 1 N–H and O–H groups in total. The zero-order valence-electron chi connectivity index (χ0n) is 15.2. The number of amides is 1. The second-order valence-corrected chi connectivity index (χ2v) is 8.85. The van der Waals surface area contributed by atoms with Gasteiger partial charge in [0.2, 0.25) is 15.9 Å². The third-order valence-corrected chi connectivity index (χ3v) is 5.17. The lowest BCUT2D eigenvalue weighted by atomic mass is 10.0. The van der Waals surface area contributed by atoms with E-state index in [0.29, 0.717) is 19.7 Å². The van der Waals surface area contributed by atoms with Gasteiger partial charge in [-0.3, -0.25) is 4.79 Å². The molecule has 0 aromatic heterocycles. The molecule has 1 amide bonds. The molecule has 25 heavy (non-hydrogen) atoms. The molecule has 7 heteroatoms. The Bertz CT molecular complexity index is 666. The SMILES string of the molecule is CC(C)(NS(C)(=O)=O)C(=O)N1CCC(OCCc2ccccc2)CC1. The fourth-order valence-corrected chi connectivity index (χ4v) is 4.13. The van der Waals surface area contributed by atoms with Crippen LogP contribution in [0.2, 0.25) is 0 Å². The first-order chi connectivity index (χ1) is 11.7. The summed E-state index contributed by atoms with van der Waals surface area (Å²) in [5.41, 5.74) is 0.123. The van der Waals surface area contributed by atoms with E-state index in [9.17, 15) is 13.2 Å². The van der Waals surface area contributed by atoms with E-state index in [1.54, 1.807) is 18.7 Å². The van der Waals surface area contributed by atoms with Crippen molar-refractivity contribution < 1.29 is 17.9 Å². The molecule has 1 aliphatic heterocycles. The zero-order valence-corrected chi connectivity index (χ0v) is 16.0. The molecule has 0 aliphatic carbocycles. The lowest BCUT2D eigenvalue weighted by molar-refractivity contribution is -0.139. The van der Waals surface area contributed by atoms with Crippen LogP contribution in [0.15, 0.2) is 30.3 Å². The van der Waals surface area contributed by atoms with E-state index in [4.69, 9.17) is 4.74 Å². The van der Waals surface area contributed by atoms with Crippen LogP contribution in [0.25, 0.3) is 0 Å². The van der Waals surface area contributed by atoms with Crippen LogP contribution in [0, 0.1) is 0 Å². The van der Waals surface area contributed by atoms with Gasteiger partial charge in [0, 0.05) is 13.1 Å². The van der Waals surface area contributed by atoms with E-state index in [-0.39, 0.29) is 12.0 Å². The summed E-state index contributed by atoms with van der Waals surface area (Å²) in [5, 5.41) is 0. The third kappa shape index (κ3) is 6.41. The summed E-state index contributed by atoms with van der Waals surface area (Å²) in [6.45, 7) is 5.04. The second-order valence-electron chi connectivity index (χ2n) is 7.10. The molecule has 1 aromatic rings. The van der Waals surface area contributed by atoms with Gasteiger partial charge in [-0.1, -0.05) is 30.3 Å². The van der Waals surface area contributed by atoms with E-state index in [0.717, 1.165) is 25.5 Å². The van der Waals surface area contributed by atoms with Gasteiger partial charge in [0.1, 0.15) is 5.54 Å². The number of piperidine rings is 1. The van der Waals surface area contributed by atoms with Crippen molar-refractivity contribution in [2.75, 3.05) is 26.0 Å². The second kappa shape index (κ2) is 8.29. The van der Waals surface area contributed by atoms with Crippen molar-refractivity contribution in [3.8, 4) is 0 Å². The molecular weight excluding hydrogens is 340 g/mol. The molecule has 0 radical (unpaired) electrons. The number of ether oxygens (including phenoxy) is 1. The first-order valence-electron chi connectivity index (χ1n) is 8.61. The molecule has 140 valence electrons. The van der Waals surface area contributed by atoms with Crippen molar-refractivity contribution >= 4 is 15.9 Å². The van der Waals surface area contributed by atoms with Gasteiger partial charge in [-0.15, -0.1) is 0 Å². The van der Waals surface area contributed by atoms with Gasteiger partial charge in [-0.25, -0.2) is 13.1 Å². The van der Waals surface area contributed by atoms with Gasteiger partial charge in [-0.2, -0.15) is 0 Å². The van der Waals surface area contributed by atoms with Gasteiger partial charge in [0.25, 0.3) is 0 Å². The van der Waals surface area contributed by atoms with Crippen molar-refractivity contribution in [2.45, 2.75) is 44.8 Å². The number of nitrogens with one attached hydrogen (secondary N) is 1. The molecule has 1 aromatic carbocycles. The number of nitrogens with zero attached hydrogens (tertiary/aromatic N) is 1. The van der Waals surface area contributed by atoms with Crippen molar-refractivity contribution in [3.05, 3.63) is 35.9 Å². The number of carbonyl (C=O) groups excluding carboxylic acids is 1. The number of hydrogen-bond donors (Lipinski definition) is 1. The highest BCUT2D eigenvalue weighted by molar-refractivity contribution is 7.88. The number of rotatable bonds is 7. The largest absolute Gasteiger partial charge is 0.378 e. The summed E-state index contributed by atoms with van der Waals surface area (Å²) in [6.07, 6.45) is 3.64. The predicted molar refractivity (Wildman–Crippen MR) is 97.8 cm³/mol. The quantitative estimate of drug-likeness (QED) is 0.793. The van der Waals surface area contributed by atoms with Crippen molar-refractivity contribution in [1.82, 2.24) is 9.62 Å². The standard InChI is InChI=1S/C18H28N2O4S/c1-18(2,19-25(3,22)23)17(21)20-12-9-16(10-13-20)24-14-11-15-7-5-4-6-8-15/h4-8,16,19H,9-14H2,1-3H3. The van der Waals surface area contributed by atoms with Gasteiger partial charge >= 0.3 is 0 Å². The van der Waals surface area contributed by atoms with Gasteiger partial charge in [0.15, 0.2) is 0 Å². The first kappa shape index (κ1) is 19.9. The van der Waals surface area contributed by atoms with E-state index < -0.39 is 15.6 Å². The van der Waals surface area contributed by atoms with Gasteiger partial charge in [0.05, 0.1) is 19.0 Å². The van der Waals surface area contributed by atoms with Gasteiger partial charge in [-0.05, 0) is 38.7 Å². The maximum absolute atomic E-state index is 12.6. The minimum absolute atomic E-state index is 0.152. The highest BCUT2D eigenvalue weighted by Gasteiger charge is 2.36. The molecule has 1 heterocycles. The molecule has 1 saturated heterocycles. The molecule has 0 spiro atoms. The van der Waals surface area contributed by atoms with Gasteiger partial charge < -0.3 is 9.64 Å². The smallest absolute Gasteiger partial charge is 0.243 e. The molecule has 0 unspecified atom stereocenters. The Kier molecular flexibility index (Phi) is 6.59. The number of benzene rings is 1. The maximum atomic E-state index is 12.6. The summed E-state index contributed by atoms with van der Waals surface area (Å²) in [6, 6.07) is 10.2. The summed E-state index contributed by atoms with van der Waals surface area (Å²) in [7, 11) is -3.44. The first-order valence-corrected chi connectivity index (χ1v) is 10.5. The van der Waals surface area contributed by atoms with Crippen LogP contribution in [0.4, 0.5) is 0 Å². The Morgan fingerprint density at radius 2 is 1.84 bits per heavy atom. The lowest BCUT2D eigenvalue weighted by Gasteiger charge is -2.36. The maximum Gasteiger partial charge on any atom is 0.243 e. The Balaban J connectivity index is 1.76. The molecule has 1 aliphatic rings. The Morgan fingerprint density at radius 1 is 1.24 bits per heavy atom. The molecule has 0 saturated carbocycles. The predicted octanol–water partition coefficient (Wildman–Crippen LogP) is 1.56. The van der Waals surface area contributed by atoms with E-state index in [2.05, 4.69) is 16.9 Å². The summed E-state index contributed by atoms with van der Waals surface area (Å²) in [4.78, 5) is 14.3. The average Bonchev–Trinajstić information content (AvgIpc) is 2.54. The summed E-state index contributed by atoms with van der Waals surface area (Å²) < 4.78 is 31.2. The minimum Gasteiger partial charge on any atom is -0.378 e. The Hall–Kier alpha value is -1.44. The highest BCUT2D eigenvalue weighted by Crippen LogP contribution is 2.18. The van der Waals surface area contributed by atoms with Crippen molar-refractivity contribution in [2.24, 2.45) is 0 Å². The summed E-state index contributed by atoms with van der Waals surface area (Å²) >= 11 is 0. The van der Waals surface area contributed by atoms with Crippen LogP contribution >= 0.6 is 0 Å². The molecule has 2 rings (SSSR count). The van der Waals surface area contributed by atoms with Crippen LogP contribution in [0.3, 0.4) is 0 Å². The third-order valence-electron chi connectivity index (χ3n) is 4.29. The number of likely N-dealkylation sites (tertiary alicyclic amines) is 1. The van der Waals surface area contributed by atoms with Crippen LogP contribution in [-0.2, 0) is 26.0 Å². The normalized spacial score (nSPS) is 16.8. The fourth-order valence-electron chi connectivity index (χ4n) is 3.12. The molecular formula is C18H28N2O4S.